The van der Waals surface area contributed by atoms with Gasteiger partial charge in [0.2, 0.25) is 0 Å². The number of methoxy groups -OCH3 is 1. The molecule has 1 aromatic carbocycles. The first-order chi connectivity index (χ1) is 13.4. The van der Waals surface area contributed by atoms with Crippen LogP contribution in [0.3, 0.4) is 0 Å². The minimum atomic E-state index is -0.763. The number of nitrogens with zero attached hydrogens (tertiary/aromatic N) is 2. The van der Waals surface area contributed by atoms with Gasteiger partial charge in [0.05, 0.1) is 18.3 Å². The molecule has 1 atom stereocenters. The van der Waals surface area contributed by atoms with E-state index in [1.807, 2.05) is 18.4 Å². The normalized spacial score (nSPS) is 11.7. The highest BCUT2D eigenvalue weighted by Gasteiger charge is 2.24. The molecule has 150 valence electrons. The number of halogens is 2. The van der Waals surface area contributed by atoms with E-state index in [-0.39, 0.29) is 10.7 Å². The van der Waals surface area contributed by atoms with Crippen molar-refractivity contribution in [2.75, 3.05) is 19.1 Å². The lowest BCUT2D eigenvalue weighted by molar-refractivity contribution is -0.142. The number of carbonyl (C=O) groups excluding carboxylic acids is 2. The van der Waals surface area contributed by atoms with Gasteiger partial charge < -0.3 is 10.1 Å². The summed E-state index contributed by atoms with van der Waals surface area (Å²) in [6.07, 6.45) is 3.74. The molecule has 0 spiro atoms. The smallest absolute Gasteiger partial charge is 0.328 e. The van der Waals surface area contributed by atoms with Crippen LogP contribution in [0.2, 0.25) is 10.0 Å². The number of ether oxygens (including phenoxy) is 1. The highest BCUT2D eigenvalue weighted by atomic mass is 35.5. The van der Waals surface area contributed by atoms with Gasteiger partial charge in [-0.2, -0.15) is 11.8 Å². The molecule has 1 N–H and O–H groups in total. The molecular formula is C18H19Cl2N3O3S2. The fourth-order valence-electron chi connectivity index (χ4n) is 2.16. The Morgan fingerprint density at radius 3 is 2.61 bits per heavy atom. The summed E-state index contributed by atoms with van der Waals surface area (Å²) in [5.74, 6) is 0.250. The van der Waals surface area contributed by atoms with Crippen molar-refractivity contribution in [1.29, 1.82) is 0 Å². The number of hydrogen-bond acceptors (Lipinski definition) is 7. The second-order valence-corrected chi connectivity index (χ2v) is 8.37. The molecule has 0 aliphatic carbocycles. The predicted octanol–water partition coefficient (Wildman–Crippen LogP) is 4.10. The third-order valence-electron chi connectivity index (χ3n) is 3.62. The van der Waals surface area contributed by atoms with Crippen LogP contribution in [0, 0.1) is 0 Å². The summed E-state index contributed by atoms with van der Waals surface area (Å²) in [4.78, 5) is 32.9. The number of nitrogens with one attached hydrogen (secondary N) is 1. The van der Waals surface area contributed by atoms with Crippen molar-refractivity contribution in [2.45, 2.75) is 23.4 Å². The van der Waals surface area contributed by atoms with Gasteiger partial charge in [-0.1, -0.05) is 47.1 Å². The summed E-state index contributed by atoms with van der Waals surface area (Å²) in [6, 6.07) is 6.67. The summed E-state index contributed by atoms with van der Waals surface area (Å²) in [7, 11) is 1.28. The molecular weight excluding hydrogens is 441 g/mol. The molecule has 0 aliphatic heterocycles. The third kappa shape index (κ3) is 6.84. The Hall–Kier alpha value is -1.48. The fourth-order valence-corrected chi connectivity index (χ4v) is 3.71. The lowest BCUT2D eigenvalue weighted by Gasteiger charge is -2.16. The molecule has 0 bridgehead atoms. The topological polar surface area (TPSA) is 81.2 Å². The van der Waals surface area contributed by atoms with E-state index in [0.717, 1.165) is 5.56 Å². The molecule has 1 aromatic heterocycles. The van der Waals surface area contributed by atoms with Gasteiger partial charge in [0.15, 0.2) is 10.9 Å². The molecule has 2 aromatic rings. The van der Waals surface area contributed by atoms with Crippen LogP contribution in [0.1, 0.15) is 22.5 Å². The van der Waals surface area contributed by atoms with Gasteiger partial charge in [-0.15, -0.1) is 0 Å². The van der Waals surface area contributed by atoms with Crippen LogP contribution in [0.5, 0.6) is 0 Å². The summed E-state index contributed by atoms with van der Waals surface area (Å²) < 4.78 is 4.75. The van der Waals surface area contributed by atoms with E-state index in [0.29, 0.717) is 28.1 Å². The van der Waals surface area contributed by atoms with E-state index in [4.69, 9.17) is 27.9 Å². The molecule has 10 heteroatoms. The summed E-state index contributed by atoms with van der Waals surface area (Å²) in [5, 5.41) is 3.82. The maximum Gasteiger partial charge on any atom is 0.328 e. The SMILES string of the molecule is COC(=O)C(CCSC)NC(=O)c1nc(SCc2ccc(Cl)cc2)ncc1Cl. The standard InChI is InChI=1S/C18H19Cl2N3O3S2/c1-26-17(25)14(7-8-27-2)22-16(24)15-13(20)9-21-18(23-15)28-10-11-3-5-12(19)6-4-11/h3-6,9,14H,7-8,10H2,1-2H3,(H,22,24). The molecule has 0 fully saturated rings. The molecule has 0 radical (unpaired) electrons. The van der Waals surface area contributed by atoms with Gasteiger partial charge >= 0.3 is 5.97 Å². The average molecular weight is 460 g/mol. The van der Waals surface area contributed by atoms with E-state index in [2.05, 4.69) is 15.3 Å². The minimum absolute atomic E-state index is 0.0216. The van der Waals surface area contributed by atoms with E-state index >= 15 is 0 Å². The summed E-state index contributed by atoms with van der Waals surface area (Å²) in [5.41, 5.74) is 1.06. The molecule has 1 heterocycles. The van der Waals surface area contributed by atoms with Gasteiger partial charge in [-0.25, -0.2) is 14.8 Å². The maximum absolute atomic E-state index is 12.6. The maximum atomic E-state index is 12.6. The van der Waals surface area contributed by atoms with Gasteiger partial charge in [0.25, 0.3) is 5.91 Å². The van der Waals surface area contributed by atoms with Crippen LogP contribution in [-0.2, 0) is 15.3 Å². The zero-order valence-corrected chi connectivity index (χ0v) is 18.4. The number of amides is 1. The van der Waals surface area contributed by atoms with E-state index < -0.39 is 17.9 Å². The minimum Gasteiger partial charge on any atom is -0.467 e. The number of esters is 1. The Balaban J connectivity index is 2.08. The Labute approximate surface area is 182 Å². The van der Waals surface area contributed by atoms with Crippen molar-refractivity contribution < 1.29 is 14.3 Å². The average Bonchev–Trinajstić information content (AvgIpc) is 2.70. The Morgan fingerprint density at radius 2 is 1.96 bits per heavy atom. The highest BCUT2D eigenvalue weighted by Crippen LogP contribution is 2.23. The Bertz CT molecular complexity index is 822. The van der Waals surface area contributed by atoms with Crippen molar-refractivity contribution in [3.63, 3.8) is 0 Å². The monoisotopic (exact) mass is 459 g/mol. The number of carbonyl (C=O) groups is 2. The number of benzene rings is 1. The van der Waals surface area contributed by atoms with Crippen LogP contribution in [0.4, 0.5) is 0 Å². The zero-order valence-electron chi connectivity index (χ0n) is 15.3. The third-order valence-corrected chi connectivity index (χ3v) is 5.73. The number of rotatable bonds is 9. The second kappa shape index (κ2) is 11.5. The van der Waals surface area contributed by atoms with E-state index in [9.17, 15) is 9.59 Å². The number of hydrogen-bond donors (Lipinski definition) is 1. The van der Waals surface area contributed by atoms with Crippen molar-refractivity contribution in [3.8, 4) is 0 Å². The Kier molecular flexibility index (Phi) is 9.37. The number of thioether (sulfide) groups is 2. The molecule has 2 rings (SSSR count). The fraction of sp³-hybridized carbons (Fsp3) is 0.333. The second-order valence-electron chi connectivity index (χ2n) is 5.59. The molecule has 0 saturated heterocycles. The molecule has 1 amide bonds. The van der Waals surface area contributed by atoms with Gasteiger partial charge in [-0.3, -0.25) is 4.79 Å². The lowest BCUT2D eigenvalue weighted by Crippen LogP contribution is -2.42. The first-order valence-corrected chi connectivity index (χ1v) is 11.4. The van der Waals surface area contributed by atoms with Gasteiger partial charge in [-0.05, 0) is 36.1 Å². The zero-order chi connectivity index (χ0) is 20.5. The quantitative estimate of drug-likeness (QED) is 0.343. The van der Waals surface area contributed by atoms with Crippen molar-refractivity contribution >= 4 is 58.6 Å². The van der Waals surface area contributed by atoms with Crippen LogP contribution in [-0.4, -0.2) is 47.0 Å². The van der Waals surface area contributed by atoms with Crippen LogP contribution >= 0.6 is 46.7 Å². The van der Waals surface area contributed by atoms with Crippen LogP contribution in [0.25, 0.3) is 0 Å². The van der Waals surface area contributed by atoms with Crippen molar-refractivity contribution in [3.05, 3.63) is 51.8 Å². The summed E-state index contributed by atoms with van der Waals surface area (Å²) in [6.45, 7) is 0. The molecule has 6 nitrogen and oxygen atoms in total. The molecule has 1 unspecified atom stereocenters. The van der Waals surface area contributed by atoms with E-state index in [1.165, 1.54) is 25.1 Å². The Morgan fingerprint density at radius 1 is 1.25 bits per heavy atom. The lowest BCUT2D eigenvalue weighted by atomic mass is 10.2. The number of aromatic nitrogens is 2. The van der Waals surface area contributed by atoms with Crippen LogP contribution < -0.4 is 5.32 Å². The first kappa shape index (κ1) is 22.8. The van der Waals surface area contributed by atoms with Gasteiger partial charge in [0.1, 0.15) is 6.04 Å². The van der Waals surface area contributed by atoms with E-state index in [1.54, 1.807) is 23.9 Å². The van der Waals surface area contributed by atoms with Crippen molar-refractivity contribution in [2.24, 2.45) is 0 Å². The highest BCUT2D eigenvalue weighted by molar-refractivity contribution is 7.98. The molecule has 28 heavy (non-hydrogen) atoms. The summed E-state index contributed by atoms with van der Waals surface area (Å²) >= 11 is 14.9. The van der Waals surface area contributed by atoms with Gasteiger partial charge in [0, 0.05) is 10.8 Å². The first-order valence-electron chi connectivity index (χ1n) is 8.22. The molecule has 0 saturated carbocycles. The van der Waals surface area contributed by atoms with Crippen molar-refractivity contribution in [1.82, 2.24) is 15.3 Å². The predicted molar refractivity (Wildman–Crippen MR) is 114 cm³/mol. The van der Waals surface area contributed by atoms with Crippen LogP contribution in [0.15, 0.2) is 35.6 Å². The molecule has 0 aliphatic rings. The largest absolute Gasteiger partial charge is 0.467 e.